The molecular weight excluding hydrogens is 192 g/mol. The topological polar surface area (TPSA) is 41.6 Å². The van der Waals surface area contributed by atoms with Crippen LogP contribution in [0.1, 0.15) is 26.7 Å². The highest BCUT2D eigenvalue weighted by molar-refractivity contribution is 5.69. The van der Waals surface area contributed by atoms with Crippen LogP contribution in [0.3, 0.4) is 0 Å². The van der Waals surface area contributed by atoms with Gasteiger partial charge in [0.2, 0.25) is 0 Å². The fourth-order valence-electron chi connectivity index (χ4n) is 2.63. The van der Waals surface area contributed by atoms with E-state index in [0.29, 0.717) is 18.6 Å². The monoisotopic (exact) mass is 212 g/mol. The van der Waals surface area contributed by atoms with Gasteiger partial charge in [-0.15, -0.1) is 0 Å². The van der Waals surface area contributed by atoms with Crippen molar-refractivity contribution in [1.29, 1.82) is 0 Å². The maximum Gasteiger partial charge on any atom is 0.410 e. The Kier molecular flexibility index (Phi) is 3.14. The molecule has 2 fully saturated rings. The van der Waals surface area contributed by atoms with E-state index in [9.17, 15) is 4.79 Å². The third-order valence-electron chi connectivity index (χ3n) is 3.40. The first-order chi connectivity index (χ1) is 7.20. The second-order valence-corrected chi connectivity index (χ2v) is 4.73. The largest absolute Gasteiger partial charge is 0.449 e. The SMILES string of the molecule is CC(C)N1C(=O)OC[C@H]2CCNCC[C@@H]21. The summed E-state index contributed by atoms with van der Waals surface area (Å²) in [5.74, 6) is 0.514. The van der Waals surface area contributed by atoms with Crippen LogP contribution in [0.15, 0.2) is 0 Å². The summed E-state index contributed by atoms with van der Waals surface area (Å²) in [6.07, 6.45) is 2.03. The van der Waals surface area contributed by atoms with Gasteiger partial charge in [0, 0.05) is 18.0 Å². The molecule has 1 N–H and O–H groups in total. The first kappa shape index (κ1) is 10.7. The predicted octanol–water partition coefficient (Wildman–Crippen LogP) is 1.22. The van der Waals surface area contributed by atoms with Crippen molar-refractivity contribution >= 4 is 6.09 Å². The summed E-state index contributed by atoms with van der Waals surface area (Å²) in [6.45, 7) is 6.78. The van der Waals surface area contributed by atoms with E-state index in [1.54, 1.807) is 0 Å². The molecule has 0 saturated carbocycles. The van der Waals surface area contributed by atoms with Crippen LogP contribution in [0.2, 0.25) is 0 Å². The standard InChI is InChI=1S/C11H20N2O2/c1-8(2)13-10-4-6-12-5-3-9(10)7-15-11(13)14/h8-10,12H,3-7H2,1-2H3/t9-,10+/m1/s1. The predicted molar refractivity (Wildman–Crippen MR) is 57.7 cm³/mol. The van der Waals surface area contributed by atoms with E-state index in [-0.39, 0.29) is 12.1 Å². The second-order valence-electron chi connectivity index (χ2n) is 4.73. The number of carbonyl (C=O) groups excluding carboxylic acids is 1. The third-order valence-corrected chi connectivity index (χ3v) is 3.40. The van der Waals surface area contributed by atoms with E-state index in [4.69, 9.17) is 4.74 Å². The molecule has 0 aliphatic carbocycles. The Hall–Kier alpha value is -0.770. The molecular formula is C11H20N2O2. The zero-order chi connectivity index (χ0) is 10.8. The molecule has 4 nitrogen and oxygen atoms in total. The smallest absolute Gasteiger partial charge is 0.410 e. The first-order valence-electron chi connectivity index (χ1n) is 5.86. The lowest BCUT2D eigenvalue weighted by Crippen LogP contribution is -2.53. The maximum absolute atomic E-state index is 11.7. The molecule has 2 aliphatic rings. The minimum atomic E-state index is -0.131. The maximum atomic E-state index is 11.7. The van der Waals surface area contributed by atoms with E-state index in [1.807, 2.05) is 4.90 Å². The summed E-state index contributed by atoms with van der Waals surface area (Å²) in [6, 6.07) is 0.615. The van der Waals surface area contributed by atoms with E-state index >= 15 is 0 Å². The van der Waals surface area contributed by atoms with Crippen molar-refractivity contribution in [1.82, 2.24) is 10.2 Å². The van der Waals surface area contributed by atoms with Gasteiger partial charge in [0.25, 0.3) is 0 Å². The number of nitrogens with zero attached hydrogens (tertiary/aromatic N) is 1. The van der Waals surface area contributed by atoms with Crippen LogP contribution in [0.25, 0.3) is 0 Å². The zero-order valence-corrected chi connectivity index (χ0v) is 9.53. The van der Waals surface area contributed by atoms with Gasteiger partial charge in [-0.1, -0.05) is 0 Å². The molecule has 1 amide bonds. The molecule has 0 spiro atoms. The third kappa shape index (κ3) is 2.09. The molecule has 2 atom stereocenters. The van der Waals surface area contributed by atoms with Gasteiger partial charge in [0.15, 0.2) is 0 Å². The molecule has 0 radical (unpaired) electrons. The lowest BCUT2D eigenvalue weighted by Gasteiger charge is -2.41. The van der Waals surface area contributed by atoms with Crippen LogP contribution in [0.4, 0.5) is 4.79 Å². The molecule has 0 aromatic heterocycles. The van der Waals surface area contributed by atoms with Crippen LogP contribution in [-0.4, -0.2) is 42.8 Å². The molecule has 15 heavy (non-hydrogen) atoms. The van der Waals surface area contributed by atoms with Crippen molar-refractivity contribution in [2.45, 2.75) is 38.8 Å². The molecule has 0 aromatic carbocycles. The average molecular weight is 212 g/mol. The Labute approximate surface area is 91.0 Å². The number of amides is 1. The molecule has 86 valence electrons. The van der Waals surface area contributed by atoms with Gasteiger partial charge in [-0.2, -0.15) is 0 Å². The number of hydrogen-bond acceptors (Lipinski definition) is 3. The van der Waals surface area contributed by atoms with Crippen molar-refractivity contribution in [3.8, 4) is 0 Å². The summed E-state index contributed by atoms with van der Waals surface area (Å²) in [7, 11) is 0. The van der Waals surface area contributed by atoms with Gasteiger partial charge in [0.05, 0.1) is 6.61 Å². The van der Waals surface area contributed by atoms with Crippen molar-refractivity contribution in [3.05, 3.63) is 0 Å². The van der Waals surface area contributed by atoms with E-state index in [0.717, 1.165) is 25.9 Å². The van der Waals surface area contributed by atoms with Crippen LogP contribution < -0.4 is 5.32 Å². The Bertz CT molecular complexity index is 243. The zero-order valence-electron chi connectivity index (χ0n) is 9.53. The van der Waals surface area contributed by atoms with Crippen molar-refractivity contribution in [2.75, 3.05) is 19.7 Å². The summed E-state index contributed by atoms with van der Waals surface area (Å²) < 4.78 is 5.24. The number of carbonyl (C=O) groups is 1. The number of hydrogen-bond donors (Lipinski definition) is 1. The Balaban J connectivity index is 2.14. The lowest BCUT2D eigenvalue weighted by molar-refractivity contribution is -0.00597. The van der Waals surface area contributed by atoms with Gasteiger partial charge in [-0.05, 0) is 39.8 Å². The van der Waals surface area contributed by atoms with Gasteiger partial charge in [0.1, 0.15) is 0 Å². The number of ether oxygens (including phenoxy) is 1. The highest BCUT2D eigenvalue weighted by Crippen LogP contribution is 2.27. The van der Waals surface area contributed by atoms with Crippen LogP contribution in [0, 0.1) is 5.92 Å². The molecule has 4 heteroatoms. The number of cyclic esters (lactones) is 1. The quantitative estimate of drug-likeness (QED) is 0.710. The second kappa shape index (κ2) is 4.39. The van der Waals surface area contributed by atoms with Crippen molar-refractivity contribution in [3.63, 3.8) is 0 Å². The molecule has 2 saturated heterocycles. The van der Waals surface area contributed by atoms with Gasteiger partial charge in [-0.3, -0.25) is 0 Å². The molecule has 0 unspecified atom stereocenters. The highest BCUT2D eigenvalue weighted by Gasteiger charge is 2.38. The van der Waals surface area contributed by atoms with Crippen LogP contribution >= 0.6 is 0 Å². The van der Waals surface area contributed by atoms with E-state index < -0.39 is 0 Å². The molecule has 2 aliphatic heterocycles. The number of fused-ring (bicyclic) bond motifs is 1. The van der Waals surface area contributed by atoms with Crippen LogP contribution in [-0.2, 0) is 4.74 Å². The molecule has 0 aromatic rings. The summed E-state index contributed by atoms with van der Waals surface area (Å²) in [5.41, 5.74) is 0. The Morgan fingerprint density at radius 1 is 1.40 bits per heavy atom. The molecule has 2 heterocycles. The normalized spacial score (nSPS) is 32.2. The van der Waals surface area contributed by atoms with Gasteiger partial charge in [-0.25, -0.2) is 4.79 Å². The first-order valence-corrected chi connectivity index (χ1v) is 5.86. The minimum absolute atomic E-state index is 0.131. The average Bonchev–Trinajstić information content (AvgIpc) is 2.41. The minimum Gasteiger partial charge on any atom is -0.449 e. The Morgan fingerprint density at radius 3 is 2.87 bits per heavy atom. The van der Waals surface area contributed by atoms with Gasteiger partial charge >= 0.3 is 6.09 Å². The number of rotatable bonds is 1. The highest BCUT2D eigenvalue weighted by atomic mass is 16.6. The van der Waals surface area contributed by atoms with E-state index in [2.05, 4.69) is 19.2 Å². The fourth-order valence-corrected chi connectivity index (χ4v) is 2.63. The van der Waals surface area contributed by atoms with Crippen LogP contribution in [0.5, 0.6) is 0 Å². The summed E-state index contributed by atoms with van der Waals surface area (Å²) in [4.78, 5) is 13.6. The summed E-state index contributed by atoms with van der Waals surface area (Å²) >= 11 is 0. The molecule has 0 bridgehead atoms. The lowest BCUT2D eigenvalue weighted by atomic mass is 9.92. The fraction of sp³-hybridized carbons (Fsp3) is 0.909. The van der Waals surface area contributed by atoms with Gasteiger partial charge < -0.3 is 15.0 Å². The summed E-state index contributed by atoms with van der Waals surface area (Å²) in [5, 5.41) is 3.38. The number of nitrogens with one attached hydrogen (secondary N) is 1. The van der Waals surface area contributed by atoms with Crippen molar-refractivity contribution < 1.29 is 9.53 Å². The van der Waals surface area contributed by atoms with E-state index in [1.165, 1.54) is 0 Å². The Morgan fingerprint density at radius 2 is 2.13 bits per heavy atom. The molecule has 2 rings (SSSR count). The van der Waals surface area contributed by atoms with Crippen molar-refractivity contribution in [2.24, 2.45) is 5.92 Å².